The van der Waals surface area contributed by atoms with E-state index in [0.717, 1.165) is 10.9 Å². The number of aromatic hydroxyl groups is 1. The van der Waals surface area contributed by atoms with Crippen LogP contribution in [0.3, 0.4) is 0 Å². The molecule has 0 amide bonds. The molecule has 5 nitrogen and oxygen atoms in total. The number of hydrogen-bond acceptors (Lipinski definition) is 5. The Kier molecular flexibility index (Phi) is 3.98. The van der Waals surface area contributed by atoms with Crippen LogP contribution in [0.25, 0.3) is 11.5 Å². The summed E-state index contributed by atoms with van der Waals surface area (Å²) in [5.74, 6) is 0.854. The second kappa shape index (κ2) is 5.49. The summed E-state index contributed by atoms with van der Waals surface area (Å²) in [7, 11) is 1.60. The number of methoxy groups -OCH3 is 1. The predicted octanol–water partition coefficient (Wildman–Crippen LogP) is 3.30. The fourth-order valence-electron chi connectivity index (χ4n) is 1.62. The Morgan fingerprint density at radius 1 is 1.50 bits per heavy atom. The van der Waals surface area contributed by atoms with Gasteiger partial charge < -0.3 is 14.4 Å². The second-order valence-electron chi connectivity index (χ2n) is 3.75. The minimum Gasteiger partial charge on any atom is -0.507 e. The van der Waals surface area contributed by atoms with Gasteiger partial charge in [-0.3, -0.25) is 0 Å². The summed E-state index contributed by atoms with van der Waals surface area (Å²) in [6, 6.07) is 5.09. The number of phenols is 1. The van der Waals surface area contributed by atoms with Crippen LogP contribution in [0.5, 0.6) is 5.75 Å². The van der Waals surface area contributed by atoms with Crippen LogP contribution in [0.1, 0.15) is 25.3 Å². The molecule has 0 radical (unpaired) electrons. The molecular formula is C12H13BrN2O3. The highest BCUT2D eigenvalue weighted by atomic mass is 79.9. The number of phenolic OH excluding ortho intramolecular Hbond substituents is 1. The molecule has 1 unspecified atom stereocenters. The van der Waals surface area contributed by atoms with E-state index in [2.05, 4.69) is 26.1 Å². The summed E-state index contributed by atoms with van der Waals surface area (Å²) >= 11 is 3.27. The maximum absolute atomic E-state index is 9.82. The van der Waals surface area contributed by atoms with E-state index < -0.39 is 0 Å². The molecule has 1 atom stereocenters. The molecule has 0 aliphatic rings. The molecule has 0 aliphatic heterocycles. The lowest BCUT2D eigenvalue weighted by Crippen LogP contribution is -2.01. The lowest BCUT2D eigenvalue weighted by molar-refractivity contribution is 0.0903. The van der Waals surface area contributed by atoms with Gasteiger partial charge in [0.2, 0.25) is 5.82 Å². The third-order valence-corrected chi connectivity index (χ3v) is 3.07. The average molecular weight is 313 g/mol. The van der Waals surface area contributed by atoms with Crippen molar-refractivity contribution in [2.75, 3.05) is 7.11 Å². The molecule has 1 aromatic carbocycles. The third kappa shape index (κ3) is 2.54. The van der Waals surface area contributed by atoms with Gasteiger partial charge in [-0.15, -0.1) is 0 Å². The van der Waals surface area contributed by atoms with Gasteiger partial charge in [0, 0.05) is 11.6 Å². The zero-order valence-electron chi connectivity index (χ0n) is 10.1. The summed E-state index contributed by atoms with van der Waals surface area (Å²) in [4.78, 5) is 4.23. The molecule has 0 saturated heterocycles. The van der Waals surface area contributed by atoms with Crippen LogP contribution in [0.2, 0.25) is 0 Å². The minimum atomic E-state index is -0.194. The van der Waals surface area contributed by atoms with Gasteiger partial charge in [-0.1, -0.05) is 28.0 Å². The number of rotatable bonds is 4. The Hall–Kier alpha value is -1.40. The summed E-state index contributed by atoms with van der Waals surface area (Å²) in [5.41, 5.74) is 0.503. The quantitative estimate of drug-likeness (QED) is 0.938. The van der Waals surface area contributed by atoms with Crippen LogP contribution in [-0.2, 0) is 4.74 Å². The van der Waals surface area contributed by atoms with Crippen molar-refractivity contribution < 1.29 is 14.4 Å². The van der Waals surface area contributed by atoms with Crippen LogP contribution in [0.4, 0.5) is 0 Å². The Bertz CT molecular complexity index is 538. The summed E-state index contributed by atoms with van der Waals surface area (Å²) in [5, 5.41) is 13.7. The van der Waals surface area contributed by atoms with Crippen LogP contribution < -0.4 is 0 Å². The predicted molar refractivity (Wildman–Crippen MR) is 69.1 cm³/mol. The fraction of sp³-hybridized carbons (Fsp3) is 0.333. The molecule has 1 heterocycles. The van der Waals surface area contributed by atoms with Crippen molar-refractivity contribution in [3.8, 4) is 17.2 Å². The minimum absolute atomic E-state index is 0.0880. The average Bonchev–Trinajstić information content (AvgIpc) is 2.80. The Morgan fingerprint density at radius 2 is 2.28 bits per heavy atom. The van der Waals surface area contributed by atoms with E-state index in [4.69, 9.17) is 9.26 Å². The monoisotopic (exact) mass is 312 g/mol. The van der Waals surface area contributed by atoms with Gasteiger partial charge in [0.25, 0.3) is 5.89 Å². The Balaban J connectivity index is 2.34. The molecule has 6 heteroatoms. The molecule has 96 valence electrons. The first-order valence-corrected chi connectivity index (χ1v) is 6.30. The molecule has 1 aromatic heterocycles. The van der Waals surface area contributed by atoms with Crippen molar-refractivity contribution in [3.63, 3.8) is 0 Å². The smallest absolute Gasteiger partial charge is 0.261 e. The first-order valence-electron chi connectivity index (χ1n) is 5.51. The number of ether oxygens (including phenoxy) is 1. The van der Waals surface area contributed by atoms with Crippen LogP contribution >= 0.6 is 15.9 Å². The van der Waals surface area contributed by atoms with Gasteiger partial charge in [0.1, 0.15) is 11.9 Å². The van der Waals surface area contributed by atoms with Crippen molar-refractivity contribution in [1.82, 2.24) is 10.1 Å². The maximum atomic E-state index is 9.82. The van der Waals surface area contributed by atoms with Crippen molar-refractivity contribution >= 4 is 15.9 Å². The molecule has 0 aliphatic carbocycles. The van der Waals surface area contributed by atoms with Gasteiger partial charge in [0.15, 0.2) is 0 Å². The fourth-order valence-corrected chi connectivity index (χ4v) is 1.96. The zero-order valence-corrected chi connectivity index (χ0v) is 11.6. The first kappa shape index (κ1) is 13.0. The Labute approximate surface area is 113 Å². The molecule has 2 aromatic rings. The Morgan fingerprint density at radius 3 is 2.89 bits per heavy atom. The number of hydrogen-bond donors (Lipinski definition) is 1. The molecule has 2 rings (SSSR count). The zero-order chi connectivity index (χ0) is 13.1. The van der Waals surface area contributed by atoms with E-state index in [1.807, 2.05) is 6.92 Å². The summed E-state index contributed by atoms with van der Waals surface area (Å²) < 4.78 is 11.2. The van der Waals surface area contributed by atoms with Crippen LogP contribution in [0.15, 0.2) is 27.2 Å². The topological polar surface area (TPSA) is 68.4 Å². The van der Waals surface area contributed by atoms with Gasteiger partial charge in [-0.05, 0) is 24.6 Å². The lowest BCUT2D eigenvalue weighted by atomic mass is 10.2. The highest BCUT2D eigenvalue weighted by molar-refractivity contribution is 9.10. The van der Waals surface area contributed by atoms with Gasteiger partial charge in [-0.2, -0.15) is 4.98 Å². The molecule has 0 saturated carbocycles. The van der Waals surface area contributed by atoms with E-state index in [-0.39, 0.29) is 17.7 Å². The normalized spacial score (nSPS) is 12.6. The number of halogens is 1. The highest BCUT2D eigenvalue weighted by Gasteiger charge is 2.18. The number of nitrogens with zero attached hydrogens (tertiary/aromatic N) is 2. The van der Waals surface area contributed by atoms with Crippen LogP contribution in [0, 0.1) is 0 Å². The summed E-state index contributed by atoms with van der Waals surface area (Å²) in [6.07, 6.45) is 0.557. The van der Waals surface area contributed by atoms with Crippen molar-refractivity contribution in [2.24, 2.45) is 0 Å². The molecular weight excluding hydrogens is 300 g/mol. The van der Waals surface area contributed by atoms with Gasteiger partial charge in [-0.25, -0.2) is 0 Å². The van der Waals surface area contributed by atoms with Gasteiger partial charge >= 0.3 is 0 Å². The van der Waals surface area contributed by atoms with Crippen molar-refractivity contribution in [2.45, 2.75) is 19.4 Å². The first-order chi connectivity index (χ1) is 8.65. The summed E-state index contributed by atoms with van der Waals surface area (Å²) in [6.45, 7) is 1.97. The second-order valence-corrected chi connectivity index (χ2v) is 4.67. The number of benzene rings is 1. The van der Waals surface area contributed by atoms with E-state index in [0.29, 0.717) is 11.4 Å². The molecule has 18 heavy (non-hydrogen) atoms. The van der Waals surface area contributed by atoms with E-state index in [1.54, 1.807) is 25.3 Å². The largest absolute Gasteiger partial charge is 0.507 e. The van der Waals surface area contributed by atoms with Gasteiger partial charge in [0.05, 0.1) is 5.56 Å². The number of aromatic nitrogens is 2. The van der Waals surface area contributed by atoms with E-state index in [1.165, 1.54) is 0 Å². The molecule has 0 fully saturated rings. The maximum Gasteiger partial charge on any atom is 0.261 e. The van der Waals surface area contributed by atoms with Crippen molar-refractivity contribution in [3.05, 3.63) is 28.5 Å². The molecule has 0 spiro atoms. The highest BCUT2D eigenvalue weighted by Crippen LogP contribution is 2.31. The lowest BCUT2D eigenvalue weighted by Gasteiger charge is -2.06. The standard InChI is InChI=1S/C12H13BrN2O3/c1-3-10(17-2)11-14-12(18-15-11)8-5-4-7(13)6-9(8)16/h4-6,10,16H,3H2,1-2H3. The molecule has 1 N–H and O–H groups in total. The van der Waals surface area contributed by atoms with Crippen molar-refractivity contribution in [1.29, 1.82) is 0 Å². The third-order valence-electron chi connectivity index (χ3n) is 2.58. The SMILES string of the molecule is CCC(OC)c1noc(-c2ccc(Br)cc2O)n1. The van der Waals surface area contributed by atoms with E-state index in [9.17, 15) is 5.11 Å². The molecule has 0 bridgehead atoms. The van der Waals surface area contributed by atoms with E-state index >= 15 is 0 Å². The van der Waals surface area contributed by atoms with Crippen LogP contribution in [-0.4, -0.2) is 22.4 Å².